The minimum Gasteiger partial charge on any atom is -0.391 e. The van der Waals surface area contributed by atoms with Crippen molar-refractivity contribution in [1.82, 2.24) is 91.3 Å². The summed E-state index contributed by atoms with van der Waals surface area (Å²) >= 11 is 0. The molecule has 6 amide bonds. The van der Waals surface area contributed by atoms with Gasteiger partial charge in [-0.1, -0.05) is 116 Å². The first kappa shape index (κ1) is 79.2. The highest BCUT2D eigenvalue weighted by atomic mass is 19.1. The smallest absolute Gasteiger partial charge is 0.319 e. The molecule has 0 saturated carbocycles. The fourth-order valence-corrected chi connectivity index (χ4v) is 10.9. The number of hydrogen-bond acceptors (Lipinski definition) is 21. The van der Waals surface area contributed by atoms with E-state index in [-0.39, 0.29) is 60.7 Å². The van der Waals surface area contributed by atoms with Crippen LogP contribution in [0.2, 0.25) is 0 Å². The minimum absolute atomic E-state index is 0. The number of halogens is 1. The molecule has 12 N–H and O–H groups in total. The van der Waals surface area contributed by atoms with E-state index in [4.69, 9.17) is 0 Å². The lowest BCUT2D eigenvalue weighted by Crippen LogP contribution is -2.51. The summed E-state index contributed by atoms with van der Waals surface area (Å²) in [6, 6.07) is 42.7. The molecule has 0 fully saturated rings. The highest BCUT2D eigenvalue weighted by Gasteiger charge is 2.29. The molecule has 0 aliphatic rings. The largest absolute Gasteiger partial charge is 0.391 e. The molecule has 30 nitrogen and oxygen atoms in total. The average Bonchev–Trinajstić information content (AvgIpc) is 1.45. The minimum atomic E-state index is -0.868. The molecule has 0 saturated heterocycles. The summed E-state index contributed by atoms with van der Waals surface area (Å²) in [5.74, 6) is 1.41. The lowest BCUT2D eigenvalue weighted by atomic mass is 10.0. The van der Waals surface area contributed by atoms with Crippen LogP contribution < -0.4 is 31.9 Å². The van der Waals surface area contributed by atoms with Gasteiger partial charge in [0.25, 0.3) is 0 Å². The van der Waals surface area contributed by atoms with Gasteiger partial charge in [0.05, 0.1) is 54.7 Å². The topological polar surface area (TPSA) is 385 Å². The SMILES string of the molecule is CCN(C[C@H](O)[C@@H](C)NC(=O)Nc1cccc(-c2nnnn2C)c1)[C@@H](C)[C@@H](O)Cc1ccc(F)cc1.C[C@@H](NC(=O)Nc1cccc(-c2nnnn2C)c1)[C@@H](O)CN(C)[C@@H](C)[C@H](O)c1ccccc1.C[C@H]([C@@H](O)c1ccccc1)N(C)C[C@H](O)[C@@H](C)NC(=O)Nc1cccc(-c2nnnn2C)c1.[HH].[HH].[HH].[HH].[HH].[HH].[HH].[HH].[HH].[HH].[HH].[HH]. The lowest BCUT2D eigenvalue weighted by molar-refractivity contribution is 0.0228. The summed E-state index contributed by atoms with van der Waals surface area (Å²) in [6.07, 6.45) is -4.24. The van der Waals surface area contributed by atoms with Gasteiger partial charge in [-0.25, -0.2) is 32.8 Å². The molecule has 570 valence electrons. The Morgan fingerprint density at radius 2 is 0.784 bits per heavy atom. The first-order chi connectivity index (χ1) is 48.7. The normalized spacial score (nSPS) is 14.9. The van der Waals surface area contributed by atoms with Crippen LogP contribution in [0.5, 0.6) is 0 Å². The molecule has 102 heavy (non-hydrogen) atoms. The number of nitrogens with one attached hydrogen (secondary N) is 6. The van der Waals surface area contributed by atoms with Crippen LogP contribution in [0, 0.1) is 5.82 Å². The first-order valence-electron chi connectivity index (χ1n) is 33.5. The van der Waals surface area contributed by atoms with Crippen molar-refractivity contribution >= 4 is 35.2 Å². The van der Waals surface area contributed by atoms with Crippen LogP contribution in [0.15, 0.2) is 158 Å². The van der Waals surface area contributed by atoms with Crippen LogP contribution in [0.3, 0.4) is 0 Å². The van der Waals surface area contributed by atoms with Gasteiger partial charge in [-0.3, -0.25) is 14.7 Å². The third-order valence-electron chi connectivity index (χ3n) is 17.7. The first-order valence-corrected chi connectivity index (χ1v) is 33.5. The number of nitrogens with zero attached hydrogens (tertiary/aromatic N) is 15. The Kier molecular flexibility index (Phi) is 30.0. The fourth-order valence-electron chi connectivity index (χ4n) is 10.9. The summed E-state index contributed by atoms with van der Waals surface area (Å²) < 4.78 is 17.8. The monoisotopic (exact) mass is 1430 g/mol. The van der Waals surface area contributed by atoms with Crippen LogP contribution in [-0.4, -0.2) is 225 Å². The number of benzene rings is 6. The number of aryl methyl sites for hydroxylation is 3. The second kappa shape index (κ2) is 38.6. The fraction of sp³-hybridized carbons (Fsp3) is 0.408. The van der Waals surface area contributed by atoms with E-state index in [1.165, 1.54) is 16.8 Å². The van der Waals surface area contributed by atoms with Gasteiger partial charge in [-0.15, -0.1) is 15.3 Å². The zero-order chi connectivity index (χ0) is 74.2. The lowest BCUT2D eigenvalue weighted by Gasteiger charge is -2.34. The van der Waals surface area contributed by atoms with E-state index in [9.17, 15) is 49.4 Å². The molecule has 3 aromatic heterocycles. The van der Waals surface area contributed by atoms with Gasteiger partial charge in [0.1, 0.15) is 5.82 Å². The van der Waals surface area contributed by atoms with Gasteiger partial charge in [-0.05, 0) is 165 Å². The number of anilines is 3. The molecule has 12 atom stereocenters. The van der Waals surface area contributed by atoms with Crippen LogP contribution in [0.4, 0.5) is 35.8 Å². The van der Waals surface area contributed by atoms with Crippen molar-refractivity contribution in [2.45, 2.75) is 128 Å². The third-order valence-corrected chi connectivity index (χ3v) is 17.7. The number of aromatic nitrogens is 12. The Bertz CT molecular complexity index is 3910. The van der Waals surface area contributed by atoms with Crippen molar-refractivity contribution in [3.05, 3.63) is 180 Å². The molecular weight excluding hydrogens is 1310 g/mol. The zero-order valence-corrected chi connectivity index (χ0v) is 59.5. The van der Waals surface area contributed by atoms with E-state index in [2.05, 4.69) is 78.5 Å². The second-order valence-corrected chi connectivity index (χ2v) is 25.3. The maximum atomic E-state index is 13.1. The van der Waals surface area contributed by atoms with Crippen LogP contribution in [0.1, 0.15) is 94.5 Å². The van der Waals surface area contributed by atoms with Crippen molar-refractivity contribution in [1.29, 1.82) is 0 Å². The maximum absolute atomic E-state index is 13.1. The number of rotatable bonds is 29. The zero-order valence-electron chi connectivity index (χ0n) is 59.5. The summed E-state index contributed by atoms with van der Waals surface area (Å²) in [6.45, 7) is 14.2. The number of likely N-dealkylation sites (N-methyl/N-ethyl adjacent to an activating group) is 3. The molecule has 0 aliphatic carbocycles. The van der Waals surface area contributed by atoms with Crippen molar-refractivity contribution in [3.63, 3.8) is 0 Å². The van der Waals surface area contributed by atoms with Crippen LogP contribution in [-0.2, 0) is 27.6 Å². The molecule has 9 rings (SSSR count). The average molecular weight is 1430 g/mol. The third kappa shape index (κ3) is 23.5. The van der Waals surface area contributed by atoms with E-state index in [1.807, 2.05) is 135 Å². The van der Waals surface area contributed by atoms with Crippen molar-refractivity contribution in [3.8, 4) is 34.2 Å². The molecule has 31 heteroatoms. The predicted molar refractivity (Wildman–Crippen MR) is 411 cm³/mol. The van der Waals surface area contributed by atoms with Gasteiger partial charge in [0, 0.05) is 110 Å². The van der Waals surface area contributed by atoms with Crippen LogP contribution in [0.25, 0.3) is 34.2 Å². The summed E-state index contributed by atoms with van der Waals surface area (Å²) in [7, 11) is 8.87. The summed E-state index contributed by atoms with van der Waals surface area (Å²) in [5.41, 5.74) is 6.45. The van der Waals surface area contributed by atoms with Crippen molar-refractivity contribution in [2.24, 2.45) is 21.1 Å². The number of tetrazole rings is 3. The molecule has 0 unspecified atom stereocenters. The van der Waals surface area contributed by atoms with E-state index in [0.29, 0.717) is 47.5 Å². The number of aliphatic hydroxyl groups is 6. The second-order valence-electron chi connectivity index (χ2n) is 25.3. The quantitative estimate of drug-likeness (QED) is 0.0208. The van der Waals surface area contributed by atoms with Gasteiger partial charge < -0.3 is 62.5 Å². The number of hydrogen-bond donors (Lipinski definition) is 12. The molecule has 0 aliphatic heterocycles. The number of carbonyl (C=O) groups is 3. The highest BCUT2D eigenvalue weighted by molar-refractivity contribution is 5.91. The van der Waals surface area contributed by atoms with Gasteiger partial charge in [-0.2, -0.15) is 0 Å². The van der Waals surface area contributed by atoms with Gasteiger partial charge >= 0.3 is 18.1 Å². The summed E-state index contributed by atoms with van der Waals surface area (Å²) in [4.78, 5) is 43.2. The van der Waals surface area contributed by atoms with Gasteiger partial charge in [0.15, 0.2) is 17.5 Å². The molecule has 9 aromatic rings. The Labute approximate surface area is 610 Å². The predicted octanol–water partition coefficient (Wildman–Crippen LogP) is 8.76. The van der Waals surface area contributed by atoms with Crippen molar-refractivity contribution < 1.29 is 66.5 Å². The Balaban J connectivity index is -0.000000365. The van der Waals surface area contributed by atoms with E-state index >= 15 is 0 Å². The number of carbonyl (C=O) groups excluding carboxylic acids is 3. The summed E-state index contributed by atoms with van der Waals surface area (Å²) in [5, 5.41) is 115. The number of urea groups is 3. The Morgan fingerprint density at radius 3 is 1.10 bits per heavy atom. The molecular formula is C71H120FN21O9. The molecule has 0 bridgehead atoms. The standard InChI is InChI=1S/C25H34FN7O3.2C23H31N7O3.12H2/c1-5-33(17(3)22(34)13-18-9-11-20(26)12-10-18)15-23(35)16(2)27-25(36)28-21-8-6-7-19(14-21)24-29-30-31-32(24)4;2*1-15(20(31)14-29(3)16(2)21(32)17-9-6-5-7-10-17)24-23(33)25-19-12-8-11-18(13-19)22-26-27-28-30(22)4;;;;;;;;;;;;/h6-12,14,16-17,22-23,34-35H,5,13,15H2,1-4H3,(H2,27,28,36);2*5-13,15-16,20-21,31-32H,14H2,1-4H3,(H2,24,25,33);12*1H/t16-,17+,22+,23+;15-,16+,20+,21+;15-,16-,20+,21-;;;;;;;;;;;;/m111............/s1. The van der Waals surface area contributed by atoms with Crippen molar-refractivity contribution in [2.75, 3.05) is 56.2 Å². The van der Waals surface area contributed by atoms with E-state index < -0.39 is 72.8 Å². The number of aliphatic hydroxyl groups excluding tert-OH is 6. The Morgan fingerprint density at radius 1 is 0.451 bits per heavy atom. The molecule has 0 radical (unpaired) electrons. The van der Waals surface area contributed by atoms with Crippen LogP contribution >= 0.6 is 0 Å². The maximum Gasteiger partial charge on any atom is 0.319 e. The van der Waals surface area contributed by atoms with E-state index in [1.54, 1.807) is 118 Å². The molecule has 0 spiro atoms. The Hall–Kier alpha value is -10.1. The number of amides is 6. The molecule has 6 aromatic carbocycles. The highest BCUT2D eigenvalue weighted by Crippen LogP contribution is 2.25. The van der Waals surface area contributed by atoms with E-state index in [0.717, 1.165) is 33.4 Å². The van der Waals surface area contributed by atoms with Gasteiger partial charge in [0.2, 0.25) is 0 Å². The molecule has 3 heterocycles.